The number of carbonyl (C=O) groups excluding carboxylic acids is 2. The van der Waals surface area contributed by atoms with Crippen LogP contribution in [-0.2, 0) is 32.7 Å². The van der Waals surface area contributed by atoms with Gasteiger partial charge < -0.3 is 20.1 Å². The SMILES string of the molecule is CC/C=C\C/C=C\C/C=C\C/C=C\C/C=C\C/C=C\C/C=C\C/C=C\CCCCCCCCCCC(=O)OC(COC(=O)CCCCCCCCC/C=C\C/C=C\CCCCCC)COP(=O)(O)OCCN. The standard InChI is InChI=1S/C62H104NO8P/c1-3-5-7-9-11-13-15-17-19-21-23-24-25-26-27-28-29-30-31-32-33-34-35-36-37-39-41-43-45-47-49-51-53-55-62(65)71-60(59-70-72(66,67)69-57-56-63)58-68-61(64)54-52-50-48-46-44-42-40-38-22-20-18-16-14-12-10-8-6-4-2/h5,7,11,13-14,16-17,19-20,22-24,26-27,29-30,32-33,35-36,60H,3-4,6,8-10,12,15,18,21,25,28,31,34,37-59,63H2,1-2H3,(H,66,67)/b7-5-,13-11-,16-14-,19-17-,22-20-,24-23-,27-26-,30-29-,33-32-,36-35-. The first-order valence-electron chi connectivity index (χ1n) is 28.5. The molecule has 0 bridgehead atoms. The molecule has 0 amide bonds. The van der Waals surface area contributed by atoms with E-state index >= 15 is 0 Å². The molecule has 0 spiro atoms. The number of carbonyl (C=O) groups is 2. The number of phosphoric acid groups is 1. The van der Waals surface area contributed by atoms with Gasteiger partial charge >= 0.3 is 19.8 Å². The molecule has 410 valence electrons. The Bertz CT molecular complexity index is 1590. The summed E-state index contributed by atoms with van der Waals surface area (Å²) in [6, 6.07) is 0. The number of phosphoric ester groups is 1. The highest BCUT2D eigenvalue weighted by Crippen LogP contribution is 2.43. The highest BCUT2D eigenvalue weighted by molar-refractivity contribution is 7.47. The van der Waals surface area contributed by atoms with Crippen LogP contribution in [0.3, 0.4) is 0 Å². The first kappa shape index (κ1) is 68.4. The molecule has 0 aliphatic carbocycles. The van der Waals surface area contributed by atoms with Gasteiger partial charge in [-0.25, -0.2) is 4.57 Å². The summed E-state index contributed by atoms with van der Waals surface area (Å²) >= 11 is 0. The van der Waals surface area contributed by atoms with Gasteiger partial charge in [-0.2, -0.15) is 0 Å². The third kappa shape index (κ3) is 55.7. The van der Waals surface area contributed by atoms with Crippen molar-refractivity contribution in [3.05, 3.63) is 122 Å². The second kappa shape index (κ2) is 56.7. The molecule has 0 saturated heterocycles. The lowest BCUT2D eigenvalue weighted by atomic mass is 10.1. The molecule has 10 heteroatoms. The summed E-state index contributed by atoms with van der Waals surface area (Å²) in [5.41, 5.74) is 5.38. The zero-order valence-corrected chi connectivity index (χ0v) is 46.5. The van der Waals surface area contributed by atoms with Crippen LogP contribution in [-0.4, -0.2) is 49.3 Å². The van der Waals surface area contributed by atoms with E-state index in [-0.39, 0.29) is 32.6 Å². The average molecular weight is 1020 g/mol. The van der Waals surface area contributed by atoms with Gasteiger partial charge in [-0.3, -0.25) is 18.6 Å². The van der Waals surface area contributed by atoms with E-state index in [0.717, 1.165) is 116 Å². The lowest BCUT2D eigenvalue weighted by molar-refractivity contribution is -0.161. The van der Waals surface area contributed by atoms with Crippen molar-refractivity contribution in [2.45, 2.75) is 232 Å². The molecule has 0 heterocycles. The van der Waals surface area contributed by atoms with E-state index in [1.165, 1.54) is 77.0 Å². The molecule has 0 saturated carbocycles. The van der Waals surface area contributed by atoms with E-state index in [2.05, 4.69) is 135 Å². The quantitative estimate of drug-likeness (QED) is 0.0264. The van der Waals surface area contributed by atoms with Crippen molar-refractivity contribution in [1.29, 1.82) is 0 Å². The normalized spacial score (nSPS) is 14.0. The monoisotopic (exact) mass is 1020 g/mol. The van der Waals surface area contributed by atoms with Crippen LogP contribution in [0.5, 0.6) is 0 Å². The fraction of sp³-hybridized carbons (Fsp3) is 0.645. The molecule has 0 aliphatic rings. The lowest BCUT2D eigenvalue weighted by Gasteiger charge is -2.19. The summed E-state index contributed by atoms with van der Waals surface area (Å²) in [6.07, 6.45) is 78.1. The van der Waals surface area contributed by atoms with E-state index in [1.54, 1.807) is 0 Å². The minimum atomic E-state index is -4.40. The van der Waals surface area contributed by atoms with E-state index < -0.39 is 32.5 Å². The van der Waals surface area contributed by atoms with Gasteiger partial charge in [-0.15, -0.1) is 0 Å². The highest BCUT2D eigenvalue weighted by atomic mass is 31.2. The van der Waals surface area contributed by atoms with Gasteiger partial charge in [-0.05, 0) is 109 Å². The van der Waals surface area contributed by atoms with Crippen LogP contribution >= 0.6 is 7.82 Å². The second-order valence-corrected chi connectivity index (χ2v) is 19.9. The topological polar surface area (TPSA) is 134 Å². The Morgan fingerprint density at radius 1 is 0.431 bits per heavy atom. The number of hydrogen-bond donors (Lipinski definition) is 2. The van der Waals surface area contributed by atoms with Crippen LogP contribution in [0.25, 0.3) is 0 Å². The van der Waals surface area contributed by atoms with Crippen molar-refractivity contribution < 1.29 is 37.6 Å². The zero-order valence-electron chi connectivity index (χ0n) is 45.6. The lowest BCUT2D eigenvalue weighted by Crippen LogP contribution is -2.29. The van der Waals surface area contributed by atoms with Crippen molar-refractivity contribution in [2.75, 3.05) is 26.4 Å². The van der Waals surface area contributed by atoms with E-state index in [0.29, 0.717) is 6.42 Å². The third-order valence-corrected chi connectivity index (χ3v) is 12.6. The largest absolute Gasteiger partial charge is 0.472 e. The van der Waals surface area contributed by atoms with Crippen molar-refractivity contribution in [3.8, 4) is 0 Å². The molecular weight excluding hydrogens is 918 g/mol. The van der Waals surface area contributed by atoms with Crippen LogP contribution in [0.1, 0.15) is 226 Å². The number of hydrogen-bond acceptors (Lipinski definition) is 8. The van der Waals surface area contributed by atoms with Gasteiger partial charge in [0, 0.05) is 19.4 Å². The molecule has 2 unspecified atom stereocenters. The molecule has 72 heavy (non-hydrogen) atoms. The molecule has 0 radical (unpaired) electrons. The number of rotatable bonds is 52. The Morgan fingerprint density at radius 2 is 0.764 bits per heavy atom. The number of unbranched alkanes of at least 4 members (excludes halogenated alkanes) is 19. The van der Waals surface area contributed by atoms with Gasteiger partial charge in [0.1, 0.15) is 6.61 Å². The molecule has 2 atom stereocenters. The maximum atomic E-state index is 12.7. The Kier molecular flexibility index (Phi) is 53.9. The summed E-state index contributed by atoms with van der Waals surface area (Å²) in [5.74, 6) is -0.853. The van der Waals surface area contributed by atoms with Gasteiger partial charge in [0.2, 0.25) is 0 Å². The summed E-state index contributed by atoms with van der Waals surface area (Å²) in [7, 11) is -4.40. The van der Waals surface area contributed by atoms with Gasteiger partial charge in [-0.1, -0.05) is 225 Å². The van der Waals surface area contributed by atoms with E-state index in [1.807, 2.05) is 0 Å². The minimum absolute atomic E-state index is 0.0447. The van der Waals surface area contributed by atoms with Crippen molar-refractivity contribution in [2.24, 2.45) is 5.73 Å². The maximum Gasteiger partial charge on any atom is 0.472 e. The van der Waals surface area contributed by atoms with Crippen molar-refractivity contribution >= 4 is 19.8 Å². The van der Waals surface area contributed by atoms with Gasteiger partial charge in [0.05, 0.1) is 13.2 Å². The Labute approximate surface area is 441 Å². The predicted octanol–water partition coefficient (Wildman–Crippen LogP) is 18.0. The number of nitrogens with two attached hydrogens (primary N) is 1. The fourth-order valence-corrected chi connectivity index (χ4v) is 8.15. The van der Waals surface area contributed by atoms with Crippen LogP contribution in [0, 0.1) is 0 Å². The maximum absolute atomic E-state index is 12.7. The van der Waals surface area contributed by atoms with E-state index in [9.17, 15) is 19.0 Å². The second-order valence-electron chi connectivity index (χ2n) is 18.4. The van der Waals surface area contributed by atoms with Crippen LogP contribution in [0.15, 0.2) is 122 Å². The van der Waals surface area contributed by atoms with Crippen LogP contribution < -0.4 is 5.73 Å². The molecule has 0 fully saturated rings. The van der Waals surface area contributed by atoms with Gasteiger partial charge in [0.25, 0.3) is 0 Å². The Hall–Kier alpha value is -3.59. The first-order valence-corrected chi connectivity index (χ1v) is 30.0. The summed E-state index contributed by atoms with van der Waals surface area (Å²) in [4.78, 5) is 35.1. The third-order valence-electron chi connectivity index (χ3n) is 11.6. The Morgan fingerprint density at radius 3 is 1.14 bits per heavy atom. The molecule has 3 N–H and O–H groups in total. The average Bonchev–Trinajstić information content (AvgIpc) is 3.37. The molecule has 0 aromatic carbocycles. The highest BCUT2D eigenvalue weighted by Gasteiger charge is 2.26. The summed E-state index contributed by atoms with van der Waals surface area (Å²) < 4.78 is 33.0. The first-order chi connectivity index (χ1) is 35.3. The van der Waals surface area contributed by atoms with Crippen molar-refractivity contribution in [1.82, 2.24) is 0 Å². The molecule has 0 rings (SSSR count). The summed E-state index contributed by atoms with van der Waals surface area (Å²) in [5, 5.41) is 0. The fourth-order valence-electron chi connectivity index (χ4n) is 7.39. The molecule has 9 nitrogen and oxygen atoms in total. The molecule has 0 aromatic heterocycles. The zero-order chi connectivity index (χ0) is 52.4. The number of ether oxygens (including phenoxy) is 2. The number of allylic oxidation sites excluding steroid dienone is 20. The smallest absolute Gasteiger partial charge is 0.462 e. The van der Waals surface area contributed by atoms with Gasteiger partial charge in [0.15, 0.2) is 6.10 Å². The van der Waals surface area contributed by atoms with E-state index in [4.69, 9.17) is 24.3 Å². The predicted molar refractivity (Wildman–Crippen MR) is 307 cm³/mol. The summed E-state index contributed by atoms with van der Waals surface area (Å²) in [6.45, 7) is 3.58. The Balaban J connectivity index is 4.05. The van der Waals surface area contributed by atoms with Crippen LogP contribution in [0.4, 0.5) is 0 Å². The molecule has 0 aromatic rings. The number of esters is 2. The van der Waals surface area contributed by atoms with Crippen LogP contribution in [0.2, 0.25) is 0 Å². The molecule has 0 aliphatic heterocycles. The minimum Gasteiger partial charge on any atom is -0.462 e. The van der Waals surface area contributed by atoms with Crippen molar-refractivity contribution in [3.63, 3.8) is 0 Å². The molecular formula is C62H104NO8P.